The summed E-state index contributed by atoms with van der Waals surface area (Å²) in [6.07, 6.45) is 1.05. The molecule has 2 aromatic rings. The highest BCUT2D eigenvalue weighted by Gasteiger charge is 2.25. The van der Waals surface area contributed by atoms with Crippen molar-refractivity contribution < 1.29 is 9.47 Å². The Balaban J connectivity index is 2.12. The van der Waals surface area contributed by atoms with Gasteiger partial charge in [0.2, 0.25) is 0 Å². The second kappa shape index (κ2) is 10.1. The zero-order chi connectivity index (χ0) is 21.7. The van der Waals surface area contributed by atoms with Gasteiger partial charge in [0.1, 0.15) is 6.61 Å². The molecule has 3 nitrogen and oxygen atoms in total. The van der Waals surface area contributed by atoms with Gasteiger partial charge in [-0.3, -0.25) is 0 Å². The molecule has 0 aromatic heterocycles. The zero-order valence-corrected chi connectivity index (χ0v) is 19.9. The van der Waals surface area contributed by atoms with E-state index < -0.39 is 0 Å². The van der Waals surface area contributed by atoms with E-state index in [2.05, 4.69) is 39.9 Å². The van der Waals surface area contributed by atoms with Crippen molar-refractivity contribution in [3.63, 3.8) is 0 Å². The van der Waals surface area contributed by atoms with E-state index in [1.165, 1.54) is 0 Å². The van der Waals surface area contributed by atoms with Gasteiger partial charge >= 0.3 is 0 Å². The Hall–Kier alpha value is -1.42. The van der Waals surface area contributed by atoms with E-state index in [1.807, 2.05) is 43.3 Å². The highest BCUT2D eigenvalue weighted by Crippen LogP contribution is 2.35. The van der Waals surface area contributed by atoms with E-state index in [4.69, 9.17) is 32.7 Å². The third-order valence-corrected chi connectivity index (χ3v) is 5.05. The van der Waals surface area contributed by atoms with Crippen LogP contribution in [0.1, 0.15) is 59.1 Å². The van der Waals surface area contributed by atoms with E-state index in [0.29, 0.717) is 41.3 Å². The molecule has 0 heterocycles. The fraction of sp³-hybridized carbons (Fsp3) is 0.500. The fourth-order valence-corrected chi connectivity index (χ4v) is 3.90. The molecular weight excluding hydrogens is 405 g/mol. The topological polar surface area (TPSA) is 30.5 Å². The molecule has 2 rings (SSSR count). The zero-order valence-electron chi connectivity index (χ0n) is 18.4. The van der Waals surface area contributed by atoms with Crippen molar-refractivity contribution in [1.29, 1.82) is 0 Å². The maximum Gasteiger partial charge on any atom is 0.163 e. The summed E-state index contributed by atoms with van der Waals surface area (Å²) in [6.45, 7) is 14.8. The molecule has 29 heavy (non-hydrogen) atoms. The summed E-state index contributed by atoms with van der Waals surface area (Å²) in [5.74, 6) is 1.35. The molecule has 1 N–H and O–H groups in total. The van der Waals surface area contributed by atoms with Gasteiger partial charge < -0.3 is 14.8 Å². The molecule has 0 radical (unpaired) electrons. The lowest BCUT2D eigenvalue weighted by molar-refractivity contribution is 0.240. The van der Waals surface area contributed by atoms with Gasteiger partial charge in [-0.2, -0.15) is 0 Å². The molecule has 0 unspecified atom stereocenters. The molecular formula is C24H33Cl2NO2. The minimum absolute atomic E-state index is 0.00287. The van der Waals surface area contributed by atoms with Gasteiger partial charge in [-0.25, -0.2) is 0 Å². The average Bonchev–Trinajstić information content (AvgIpc) is 2.60. The van der Waals surface area contributed by atoms with E-state index >= 15 is 0 Å². The molecule has 0 spiro atoms. The van der Waals surface area contributed by atoms with Gasteiger partial charge in [0.05, 0.1) is 6.61 Å². The Morgan fingerprint density at radius 2 is 1.52 bits per heavy atom. The third kappa shape index (κ3) is 8.08. The molecule has 0 atom stereocenters. The van der Waals surface area contributed by atoms with Crippen LogP contribution in [0.3, 0.4) is 0 Å². The molecule has 0 amide bonds. The van der Waals surface area contributed by atoms with Gasteiger partial charge in [0.25, 0.3) is 0 Å². The van der Waals surface area contributed by atoms with Gasteiger partial charge in [-0.15, -0.1) is 0 Å². The monoisotopic (exact) mass is 437 g/mol. The molecule has 0 aliphatic carbocycles. The minimum atomic E-state index is -0.00287. The van der Waals surface area contributed by atoms with Gasteiger partial charge in [-0.05, 0) is 61.9 Å². The summed E-state index contributed by atoms with van der Waals surface area (Å²) in [5, 5.41) is 5.00. The highest BCUT2D eigenvalue weighted by atomic mass is 35.5. The maximum atomic E-state index is 6.57. The largest absolute Gasteiger partial charge is 0.490 e. The third-order valence-electron chi connectivity index (χ3n) is 4.45. The predicted molar refractivity (Wildman–Crippen MR) is 123 cm³/mol. The molecule has 160 valence electrons. The molecule has 2 aromatic carbocycles. The molecule has 0 saturated heterocycles. The second-order valence-corrected chi connectivity index (χ2v) is 10.1. The van der Waals surface area contributed by atoms with Gasteiger partial charge in [0.15, 0.2) is 11.5 Å². The SMILES string of the molecule is CCOc1cc(CNC(C)(C)CC(C)(C)C)c(Cl)cc1OCc1ccc(Cl)cc1. The Bertz CT molecular complexity index is 796. The lowest BCUT2D eigenvalue weighted by atomic mass is 9.82. The molecule has 0 aliphatic heterocycles. The summed E-state index contributed by atoms with van der Waals surface area (Å²) in [5.41, 5.74) is 2.27. The van der Waals surface area contributed by atoms with Crippen LogP contribution in [0.2, 0.25) is 10.0 Å². The quantitative estimate of drug-likeness (QED) is 0.446. The lowest BCUT2D eigenvalue weighted by Gasteiger charge is -2.33. The summed E-state index contributed by atoms with van der Waals surface area (Å²) >= 11 is 12.5. The average molecular weight is 438 g/mol. The molecule has 0 fully saturated rings. The maximum absolute atomic E-state index is 6.57. The van der Waals surface area contributed by atoms with Crippen molar-refractivity contribution in [2.75, 3.05) is 6.61 Å². The van der Waals surface area contributed by atoms with Crippen LogP contribution in [0.25, 0.3) is 0 Å². The summed E-state index contributed by atoms with van der Waals surface area (Å²) < 4.78 is 11.8. The second-order valence-electron chi connectivity index (χ2n) is 9.21. The summed E-state index contributed by atoms with van der Waals surface area (Å²) in [7, 11) is 0. The van der Waals surface area contributed by atoms with E-state index in [-0.39, 0.29) is 11.0 Å². The first-order valence-electron chi connectivity index (χ1n) is 10.1. The van der Waals surface area contributed by atoms with Gasteiger partial charge in [0, 0.05) is 28.2 Å². The van der Waals surface area contributed by atoms with E-state index in [9.17, 15) is 0 Å². The van der Waals surface area contributed by atoms with Crippen LogP contribution < -0.4 is 14.8 Å². The highest BCUT2D eigenvalue weighted by molar-refractivity contribution is 6.31. The van der Waals surface area contributed by atoms with Crippen molar-refractivity contribution in [3.05, 3.63) is 57.6 Å². The van der Waals surface area contributed by atoms with Crippen molar-refractivity contribution in [3.8, 4) is 11.5 Å². The molecule has 0 bridgehead atoms. The first kappa shape index (κ1) is 23.9. The van der Waals surface area contributed by atoms with E-state index in [0.717, 1.165) is 17.5 Å². The number of hydrogen-bond acceptors (Lipinski definition) is 3. The number of ether oxygens (including phenoxy) is 2. The lowest BCUT2D eigenvalue weighted by Crippen LogP contribution is -2.41. The van der Waals surface area contributed by atoms with E-state index in [1.54, 1.807) is 0 Å². The van der Waals surface area contributed by atoms with Crippen LogP contribution in [0.15, 0.2) is 36.4 Å². The van der Waals surface area contributed by atoms with Crippen molar-refractivity contribution in [2.45, 2.75) is 66.7 Å². The van der Waals surface area contributed by atoms with Crippen LogP contribution >= 0.6 is 23.2 Å². The van der Waals surface area contributed by atoms with Crippen molar-refractivity contribution >= 4 is 23.2 Å². The number of rotatable bonds is 9. The van der Waals surface area contributed by atoms with Gasteiger partial charge in [-0.1, -0.05) is 56.1 Å². The smallest absolute Gasteiger partial charge is 0.163 e. The Kier molecular flexibility index (Phi) is 8.28. The van der Waals surface area contributed by atoms with Crippen LogP contribution in [0.5, 0.6) is 11.5 Å². The normalized spacial score (nSPS) is 12.1. The summed E-state index contributed by atoms with van der Waals surface area (Å²) in [6, 6.07) is 11.4. The molecule has 0 saturated carbocycles. The van der Waals surface area contributed by atoms with Crippen LogP contribution in [0, 0.1) is 5.41 Å². The van der Waals surface area contributed by atoms with Crippen molar-refractivity contribution in [1.82, 2.24) is 5.32 Å². The first-order chi connectivity index (χ1) is 13.5. The Morgan fingerprint density at radius 1 is 0.897 bits per heavy atom. The summed E-state index contributed by atoms with van der Waals surface area (Å²) in [4.78, 5) is 0. The number of halogens is 2. The predicted octanol–water partition coefficient (Wildman–Crippen LogP) is 7.28. The number of benzene rings is 2. The van der Waals surface area contributed by atoms with Crippen LogP contribution in [-0.4, -0.2) is 12.1 Å². The number of nitrogens with one attached hydrogen (secondary N) is 1. The minimum Gasteiger partial charge on any atom is -0.490 e. The fourth-order valence-electron chi connectivity index (χ4n) is 3.56. The molecule has 5 heteroatoms. The first-order valence-corrected chi connectivity index (χ1v) is 10.8. The van der Waals surface area contributed by atoms with Crippen LogP contribution in [-0.2, 0) is 13.2 Å². The van der Waals surface area contributed by atoms with Crippen LogP contribution in [0.4, 0.5) is 0 Å². The Morgan fingerprint density at radius 3 is 2.10 bits per heavy atom. The Labute approximate surface area is 185 Å². The standard InChI is InChI=1S/C24H33Cl2NO2/c1-7-28-21-12-18(14-27-24(5,6)16-23(2,3)4)20(26)13-22(21)29-15-17-8-10-19(25)11-9-17/h8-13,27H,7,14-16H2,1-6H3. The molecule has 0 aliphatic rings. The van der Waals surface area contributed by atoms with Crippen molar-refractivity contribution in [2.24, 2.45) is 5.41 Å². The number of hydrogen-bond donors (Lipinski definition) is 1.